The normalized spacial score (nSPS) is 24.5. The molecule has 5 nitrogen and oxygen atoms in total. The number of ether oxygens (including phenoxy) is 1. The molecule has 2 aromatic rings. The van der Waals surface area contributed by atoms with E-state index in [4.69, 9.17) is 4.74 Å². The number of hydrogen-bond donors (Lipinski definition) is 1. The Morgan fingerprint density at radius 3 is 2.62 bits per heavy atom. The van der Waals surface area contributed by atoms with E-state index >= 15 is 0 Å². The third-order valence-electron chi connectivity index (χ3n) is 5.16. The smallest absolute Gasteiger partial charge is 0.411 e. The molecule has 2 aliphatic heterocycles. The van der Waals surface area contributed by atoms with Crippen LogP contribution in [0.3, 0.4) is 0 Å². The zero-order valence-electron chi connectivity index (χ0n) is 13.9. The molecule has 24 heavy (non-hydrogen) atoms. The second-order valence-electron chi connectivity index (χ2n) is 6.38. The van der Waals surface area contributed by atoms with Crippen LogP contribution in [0.5, 0.6) is 0 Å². The van der Waals surface area contributed by atoms with Crippen LogP contribution < -0.4 is 10.2 Å². The number of nitrogens with one attached hydrogen (secondary N) is 1. The quantitative estimate of drug-likeness (QED) is 0.921. The van der Waals surface area contributed by atoms with Gasteiger partial charge in [-0.1, -0.05) is 36.4 Å². The van der Waals surface area contributed by atoms with Crippen LogP contribution in [0.2, 0.25) is 0 Å². The Labute approximate surface area is 141 Å². The number of likely N-dealkylation sites (tertiary alicyclic amines) is 1. The third-order valence-corrected chi connectivity index (χ3v) is 5.16. The van der Waals surface area contributed by atoms with Gasteiger partial charge in [-0.2, -0.15) is 0 Å². The number of fused-ring (bicyclic) bond motifs is 3. The molecule has 2 aromatic carbocycles. The van der Waals surface area contributed by atoms with Gasteiger partial charge in [-0.05, 0) is 24.6 Å². The van der Waals surface area contributed by atoms with Gasteiger partial charge in [0.15, 0.2) is 0 Å². The van der Waals surface area contributed by atoms with Crippen molar-refractivity contribution in [1.29, 1.82) is 0 Å². The molecule has 124 valence electrons. The Kier molecular flexibility index (Phi) is 3.37. The van der Waals surface area contributed by atoms with Crippen molar-refractivity contribution in [2.75, 3.05) is 30.9 Å². The van der Waals surface area contributed by atoms with Gasteiger partial charge in [0.1, 0.15) is 11.7 Å². The number of para-hydroxylation sites is 2. The van der Waals surface area contributed by atoms with Crippen molar-refractivity contribution in [1.82, 2.24) is 4.90 Å². The van der Waals surface area contributed by atoms with Gasteiger partial charge in [0, 0.05) is 30.5 Å². The molecule has 2 unspecified atom stereocenters. The van der Waals surface area contributed by atoms with Crippen LogP contribution in [0, 0.1) is 0 Å². The Morgan fingerprint density at radius 2 is 1.88 bits per heavy atom. The minimum Gasteiger partial charge on any atom is -0.453 e. The Hall–Kier alpha value is -2.69. The monoisotopic (exact) mass is 323 g/mol. The summed E-state index contributed by atoms with van der Waals surface area (Å²) in [5, 5.41) is 3.72. The van der Waals surface area contributed by atoms with Crippen LogP contribution in [-0.4, -0.2) is 37.9 Å². The van der Waals surface area contributed by atoms with Gasteiger partial charge >= 0.3 is 6.09 Å². The molecule has 1 amide bonds. The number of carbonyl (C=O) groups excluding carboxylic acids is 1. The standard InChI is InChI=1S/C19H21N3O2/c1-21-16-11-7-6-10-15(16)19(20-14-8-4-3-5-9-14)12-13-22(17(19)21)18(23)24-2/h3-11,17,20H,12-13H2,1-2H3. The number of methoxy groups -OCH3 is 1. The molecule has 2 atom stereocenters. The molecule has 2 heterocycles. The number of benzene rings is 2. The number of anilines is 2. The number of hydrogen-bond acceptors (Lipinski definition) is 4. The molecular formula is C19H21N3O2. The minimum atomic E-state index is -0.332. The zero-order valence-corrected chi connectivity index (χ0v) is 13.9. The first-order valence-corrected chi connectivity index (χ1v) is 8.17. The molecule has 0 bridgehead atoms. The summed E-state index contributed by atoms with van der Waals surface area (Å²) < 4.78 is 5.02. The van der Waals surface area contributed by atoms with E-state index in [1.807, 2.05) is 36.2 Å². The Balaban J connectivity index is 1.82. The summed E-state index contributed by atoms with van der Waals surface area (Å²) in [7, 11) is 3.48. The van der Waals surface area contributed by atoms with E-state index < -0.39 is 0 Å². The Bertz CT molecular complexity index is 764. The van der Waals surface area contributed by atoms with Crippen molar-refractivity contribution in [3.63, 3.8) is 0 Å². The average Bonchev–Trinajstić information content (AvgIpc) is 3.11. The van der Waals surface area contributed by atoms with Gasteiger partial charge in [0.25, 0.3) is 0 Å². The van der Waals surface area contributed by atoms with E-state index in [-0.39, 0.29) is 17.8 Å². The molecular weight excluding hydrogens is 302 g/mol. The summed E-state index contributed by atoms with van der Waals surface area (Å²) in [6.07, 6.45) is 0.446. The van der Waals surface area contributed by atoms with Crippen molar-refractivity contribution < 1.29 is 9.53 Å². The number of carbonyl (C=O) groups is 1. The summed E-state index contributed by atoms with van der Waals surface area (Å²) >= 11 is 0. The highest BCUT2D eigenvalue weighted by Gasteiger charge is 2.58. The topological polar surface area (TPSA) is 44.8 Å². The SMILES string of the molecule is COC(=O)N1CCC2(Nc3ccccc3)c3ccccc3N(C)C12. The predicted octanol–water partition coefficient (Wildman–Crippen LogP) is 3.24. The number of nitrogens with zero attached hydrogens (tertiary/aromatic N) is 2. The number of rotatable bonds is 2. The lowest BCUT2D eigenvalue weighted by molar-refractivity contribution is 0.114. The van der Waals surface area contributed by atoms with Gasteiger partial charge in [-0.3, -0.25) is 4.90 Å². The lowest BCUT2D eigenvalue weighted by Crippen LogP contribution is -2.53. The third kappa shape index (κ3) is 1.97. The predicted molar refractivity (Wildman–Crippen MR) is 94.1 cm³/mol. The van der Waals surface area contributed by atoms with Crippen molar-refractivity contribution >= 4 is 17.5 Å². The summed E-state index contributed by atoms with van der Waals surface area (Å²) in [5.41, 5.74) is 3.10. The minimum absolute atomic E-state index is 0.109. The van der Waals surface area contributed by atoms with Crippen LogP contribution in [0.1, 0.15) is 12.0 Å². The highest BCUT2D eigenvalue weighted by atomic mass is 16.5. The first-order valence-electron chi connectivity index (χ1n) is 8.17. The van der Waals surface area contributed by atoms with Gasteiger partial charge in [-0.15, -0.1) is 0 Å². The number of amides is 1. The van der Waals surface area contributed by atoms with Crippen LogP contribution in [0.15, 0.2) is 54.6 Å². The van der Waals surface area contributed by atoms with Crippen LogP contribution >= 0.6 is 0 Å². The summed E-state index contributed by atoms with van der Waals surface area (Å²) in [4.78, 5) is 16.3. The summed E-state index contributed by atoms with van der Waals surface area (Å²) in [6, 6.07) is 18.5. The molecule has 0 spiro atoms. The maximum Gasteiger partial charge on any atom is 0.411 e. The van der Waals surface area contributed by atoms with Gasteiger partial charge in [0.05, 0.1) is 7.11 Å². The molecule has 2 aliphatic rings. The molecule has 0 radical (unpaired) electrons. The highest BCUT2D eigenvalue weighted by Crippen LogP contribution is 2.51. The second-order valence-corrected chi connectivity index (χ2v) is 6.38. The maximum absolute atomic E-state index is 12.3. The zero-order chi connectivity index (χ0) is 16.7. The fraction of sp³-hybridized carbons (Fsp3) is 0.316. The van der Waals surface area contributed by atoms with Crippen molar-refractivity contribution in [2.24, 2.45) is 0 Å². The molecule has 4 rings (SSSR count). The van der Waals surface area contributed by atoms with Crippen LogP contribution in [-0.2, 0) is 10.3 Å². The van der Waals surface area contributed by atoms with E-state index in [0.29, 0.717) is 6.54 Å². The van der Waals surface area contributed by atoms with E-state index in [9.17, 15) is 4.79 Å². The molecule has 0 aromatic heterocycles. The van der Waals surface area contributed by atoms with E-state index in [0.717, 1.165) is 17.8 Å². The molecule has 1 fully saturated rings. The fourth-order valence-electron chi connectivity index (χ4n) is 4.20. The van der Waals surface area contributed by atoms with Gasteiger partial charge in [-0.25, -0.2) is 4.79 Å². The van der Waals surface area contributed by atoms with E-state index in [2.05, 4.69) is 40.5 Å². The highest BCUT2D eigenvalue weighted by molar-refractivity contribution is 5.75. The molecule has 5 heteroatoms. The lowest BCUT2D eigenvalue weighted by Gasteiger charge is -2.37. The van der Waals surface area contributed by atoms with E-state index in [1.54, 1.807) is 0 Å². The number of likely N-dealkylation sites (N-methyl/N-ethyl adjacent to an activating group) is 1. The average molecular weight is 323 g/mol. The van der Waals surface area contributed by atoms with Gasteiger partial charge < -0.3 is 15.0 Å². The van der Waals surface area contributed by atoms with Crippen molar-refractivity contribution in [3.8, 4) is 0 Å². The van der Waals surface area contributed by atoms with Crippen LogP contribution in [0.4, 0.5) is 16.2 Å². The molecule has 0 saturated carbocycles. The Morgan fingerprint density at radius 1 is 1.17 bits per heavy atom. The largest absolute Gasteiger partial charge is 0.453 e. The first-order chi connectivity index (χ1) is 11.7. The van der Waals surface area contributed by atoms with Crippen molar-refractivity contribution in [3.05, 3.63) is 60.2 Å². The first kappa shape index (κ1) is 14.9. The second kappa shape index (κ2) is 5.44. The molecule has 1 N–H and O–H groups in total. The molecule has 1 saturated heterocycles. The van der Waals surface area contributed by atoms with Crippen molar-refractivity contribution in [2.45, 2.75) is 18.1 Å². The fourth-order valence-corrected chi connectivity index (χ4v) is 4.20. The summed E-state index contributed by atoms with van der Waals surface area (Å²) in [6.45, 7) is 0.663. The van der Waals surface area contributed by atoms with Gasteiger partial charge in [0.2, 0.25) is 0 Å². The van der Waals surface area contributed by atoms with Crippen LogP contribution in [0.25, 0.3) is 0 Å². The van der Waals surface area contributed by atoms with E-state index in [1.165, 1.54) is 12.7 Å². The molecule has 0 aliphatic carbocycles. The summed E-state index contributed by atoms with van der Waals surface area (Å²) in [5.74, 6) is 0. The maximum atomic E-state index is 12.3. The lowest BCUT2D eigenvalue weighted by atomic mass is 9.88.